The Morgan fingerprint density at radius 3 is 2.71 bits per heavy atom. The Morgan fingerprint density at radius 1 is 1.39 bits per heavy atom. The van der Waals surface area contributed by atoms with E-state index in [9.17, 15) is 19.5 Å². The zero-order valence-corrected chi connectivity index (χ0v) is 23.5. The highest BCUT2D eigenvalue weighted by Crippen LogP contribution is 2.40. The van der Waals surface area contributed by atoms with E-state index in [1.54, 1.807) is 10.7 Å². The first-order valence-corrected chi connectivity index (χ1v) is 14.4. The Morgan fingerprint density at radius 2 is 2.10 bits per heavy atom. The number of aromatic nitrogens is 5. The summed E-state index contributed by atoms with van der Waals surface area (Å²) in [4.78, 5) is 48.0. The maximum Gasteiger partial charge on any atom is 0.352 e. The van der Waals surface area contributed by atoms with Gasteiger partial charge in [-0.05, 0) is 6.07 Å². The second-order valence-corrected chi connectivity index (χ2v) is 11.0. The number of carboxylic acids is 1. The standard InChI is InChI=1S/C20H19N9O5S2.H2O4S/c1-9-24-28-6-4-3-5-11(28)27(9)7-10-8-35-18-13(17(31)29(18)14(10)19(32)33)22-16(30)12(25-34-2)15-23-20(21)36-26-15;1-5(2,3)4/h3-6,13,18H,7-8H2,1-2H3,(H3-,21,22,23,26,30,32,33);(H2,1,2,3,4)/b25-12-;/t13-,18-;/m1./s1. The monoisotopic (exact) mass is 627 g/mol. The fourth-order valence-corrected chi connectivity index (χ4v) is 5.88. The smallest absolute Gasteiger partial charge is 0.352 e. The second kappa shape index (κ2) is 11.7. The highest BCUT2D eigenvalue weighted by Gasteiger charge is 2.54. The number of carboxylic acid groups (broad SMARTS) is 1. The Balaban J connectivity index is 0.000000714. The fraction of sp³-hybridized carbons (Fsp3) is 0.300. The van der Waals surface area contributed by atoms with Gasteiger partial charge in [0.15, 0.2) is 5.13 Å². The molecule has 0 saturated carbocycles. The van der Waals surface area contributed by atoms with Crippen molar-refractivity contribution in [2.24, 2.45) is 5.16 Å². The van der Waals surface area contributed by atoms with Gasteiger partial charge in [-0.2, -0.15) is 9.36 Å². The SMILES string of the molecule is CO/N=C(\C(=O)N[C@@H]1C(=O)N2C(C(=O)O)=C(C[n+]3c(C)nn4ccccc43)CS[C@H]12)c1nsc(N)n1.O=S(=O)([O-])O. The Kier molecular flexibility index (Phi) is 8.53. The molecule has 5 heterocycles. The molecule has 41 heavy (non-hydrogen) atoms. The molecular weight excluding hydrogens is 606 g/mol. The number of nitrogens with zero attached hydrogens (tertiary/aromatic N) is 7. The number of rotatable bonds is 7. The predicted octanol–water partition coefficient (Wildman–Crippen LogP) is -1.84. The normalized spacial score (nSPS) is 18.8. The van der Waals surface area contributed by atoms with E-state index in [0.717, 1.165) is 17.2 Å². The molecule has 2 aliphatic rings. The number of pyridine rings is 1. The number of hydrogen-bond donors (Lipinski definition) is 4. The lowest BCUT2D eigenvalue weighted by Gasteiger charge is -2.49. The van der Waals surface area contributed by atoms with Gasteiger partial charge in [0.1, 0.15) is 30.4 Å². The maximum absolute atomic E-state index is 13.1. The number of anilines is 1. The summed E-state index contributed by atoms with van der Waals surface area (Å²) < 4.78 is 40.4. The van der Waals surface area contributed by atoms with Crippen LogP contribution in [0.4, 0.5) is 5.13 Å². The van der Waals surface area contributed by atoms with Gasteiger partial charge in [0.05, 0.1) is 6.54 Å². The zero-order valence-electron chi connectivity index (χ0n) is 21.1. The van der Waals surface area contributed by atoms with E-state index < -0.39 is 39.6 Å². The molecule has 3 aromatic heterocycles. The van der Waals surface area contributed by atoms with Crippen LogP contribution in [0.1, 0.15) is 11.6 Å². The van der Waals surface area contributed by atoms with Crippen LogP contribution in [0.3, 0.4) is 0 Å². The number of nitrogens with one attached hydrogen (secondary N) is 1. The minimum absolute atomic E-state index is 0.0361. The second-order valence-electron chi connectivity index (χ2n) is 8.26. The van der Waals surface area contributed by atoms with Crippen molar-refractivity contribution >= 4 is 68.0 Å². The summed E-state index contributed by atoms with van der Waals surface area (Å²) in [5.41, 5.74) is 6.62. The number of nitrogens with two attached hydrogens (primary N) is 1. The predicted molar refractivity (Wildman–Crippen MR) is 140 cm³/mol. The van der Waals surface area contributed by atoms with Crippen molar-refractivity contribution in [1.82, 2.24) is 29.2 Å². The van der Waals surface area contributed by atoms with Crippen LogP contribution in [0.25, 0.3) is 5.65 Å². The molecular formula is C20H21N9O9S3. The first kappa shape index (κ1) is 29.8. The number of β-lactam (4-membered cyclic amide) rings is 1. The molecule has 2 atom stereocenters. The molecule has 2 aliphatic heterocycles. The number of carbonyl (C=O) groups is 3. The third kappa shape index (κ3) is 6.43. The largest absolute Gasteiger partial charge is 0.726 e. The molecule has 3 aromatic rings. The van der Waals surface area contributed by atoms with Gasteiger partial charge in [0, 0.05) is 40.9 Å². The summed E-state index contributed by atoms with van der Waals surface area (Å²) in [7, 11) is -3.66. The lowest BCUT2D eigenvalue weighted by Crippen LogP contribution is -2.71. The van der Waals surface area contributed by atoms with E-state index in [4.69, 9.17) is 28.1 Å². The van der Waals surface area contributed by atoms with Crippen molar-refractivity contribution in [3.05, 3.63) is 47.3 Å². The maximum atomic E-state index is 13.1. The number of oxime groups is 1. The van der Waals surface area contributed by atoms with Gasteiger partial charge in [-0.1, -0.05) is 15.7 Å². The molecule has 0 radical (unpaired) electrons. The van der Waals surface area contributed by atoms with Crippen LogP contribution in [0, 0.1) is 6.92 Å². The third-order valence-corrected chi connectivity index (χ3v) is 7.56. The fourth-order valence-electron chi connectivity index (χ4n) is 4.11. The molecule has 21 heteroatoms. The topological polar surface area (TPSA) is 259 Å². The lowest BCUT2D eigenvalue weighted by molar-refractivity contribution is -0.670. The van der Waals surface area contributed by atoms with Crippen LogP contribution < -0.4 is 15.6 Å². The molecule has 0 aromatic carbocycles. The van der Waals surface area contributed by atoms with Gasteiger partial charge >= 0.3 is 5.97 Å². The lowest BCUT2D eigenvalue weighted by atomic mass is 10.0. The number of aryl methyl sites for hydroxylation is 1. The molecule has 0 bridgehead atoms. The molecule has 18 nitrogen and oxygen atoms in total. The average molecular weight is 628 g/mol. The van der Waals surface area contributed by atoms with Crippen LogP contribution in [-0.4, -0.2) is 94.3 Å². The van der Waals surface area contributed by atoms with Crippen molar-refractivity contribution in [3.8, 4) is 0 Å². The van der Waals surface area contributed by atoms with Gasteiger partial charge in [-0.15, -0.1) is 11.8 Å². The van der Waals surface area contributed by atoms with Gasteiger partial charge in [-0.3, -0.25) is 19.0 Å². The highest BCUT2D eigenvalue weighted by molar-refractivity contribution is 8.00. The molecule has 5 rings (SSSR count). The molecule has 218 valence electrons. The van der Waals surface area contributed by atoms with Crippen molar-refractivity contribution in [1.29, 1.82) is 0 Å². The Hall–Kier alpha value is -4.18. The minimum atomic E-state index is -4.92. The van der Waals surface area contributed by atoms with E-state index in [2.05, 4.69) is 24.9 Å². The number of nitrogen functional groups attached to an aromatic ring is 1. The van der Waals surface area contributed by atoms with E-state index in [0.29, 0.717) is 17.2 Å². The van der Waals surface area contributed by atoms with Gasteiger partial charge in [0.2, 0.25) is 21.9 Å². The molecule has 0 aliphatic carbocycles. The van der Waals surface area contributed by atoms with Crippen LogP contribution in [-0.2, 0) is 36.2 Å². The van der Waals surface area contributed by atoms with Gasteiger partial charge in [0.25, 0.3) is 23.3 Å². The van der Waals surface area contributed by atoms with Crippen molar-refractivity contribution in [2.45, 2.75) is 24.9 Å². The average Bonchev–Trinajstić information content (AvgIpc) is 3.46. The molecule has 2 amide bonds. The van der Waals surface area contributed by atoms with Crippen molar-refractivity contribution in [3.63, 3.8) is 0 Å². The molecule has 1 saturated heterocycles. The Labute approximate surface area is 239 Å². The summed E-state index contributed by atoms with van der Waals surface area (Å²) in [5.74, 6) is -1.48. The quantitative estimate of drug-likeness (QED) is 0.0560. The van der Waals surface area contributed by atoms with Gasteiger partial charge in [-0.25, -0.2) is 17.8 Å². The molecule has 1 fully saturated rings. The van der Waals surface area contributed by atoms with Crippen molar-refractivity contribution in [2.75, 3.05) is 18.6 Å². The van der Waals surface area contributed by atoms with E-state index in [-0.39, 0.29) is 28.9 Å². The van der Waals surface area contributed by atoms with Crippen LogP contribution in [0.5, 0.6) is 0 Å². The van der Waals surface area contributed by atoms with Crippen LogP contribution in [0.2, 0.25) is 0 Å². The third-order valence-electron chi connectivity index (χ3n) is 5.67. The number of thioether (sulfide) groups is 1. The van der Waals surface area contributed by atoms with Crippen LogP contribution >= 0.6 is 23.3 Å². The summed E-state index contributed by atoms with van der Waals surface area (Å²) in [6, 6.07) is 4.64. The number of carbonyl (C=O) groups excluding carboxylic acids is 2. The van der Waals surface area contributed by atoms with E-state index >= 15 is 0 Å². The number of fused-ring (bicyclic) bond motifs is 2. The van der Waals surface area contributed by atoms with E-state index in [1.807, 2.05) is 29.7 Å². The summed E-state index contributed by atoms with van der Waals surface area (Å²) in [5, 5.41) is 20.3. The summed E-state index contributed by atoms with van der Waals surface area (Å²) >= 11 is 2.24. The van der Waals surface area contributed by atoms with E-state index in [1.165, 1.54) is 23.8 Å². The highest BCUT2D eigenvalue weighted by atomic mass is 32.3. The summed E-state index contributed by atoms with van der Waals surface area (Å²) in [6.45, 7) is 2.08. The first-order valence-electron chi connectivity index (χ1n) is 11.2. The van der Waals surface area contributed by atoms with Crippen molar-refractivity contribution < 1.29 is 46.4 Å². The first-order chi connectivity index (χ1) is 19.3. The van der Waals surface area contributed by atoms with Crippen LogP contribution in [0.15, 0.2) is 40.8 Å². The molecule has 5 N–H and O–H groups in total. The number of hydrogen-bond acceptors (Lipinski definition) is 14. The summed E-state index contributed by atoms with van der Waals surface area (Å²) in [6.07, 6.45) is 1.81. The minimum Gasteiger partial charge on any atom is -0.726 e. The molecule has 0 unspecified atom stereocenters. The van der Waals surface area contributed by atoms with Gasteiger partial charge < -0.3 is 25.5 Å². The Bertz CT molecular complexity index is 1690. The molecule has 0 spiro atoms. The number of amides is 2. The zero-order chi connectivity index (χ0) is 30.1. The number of aliphatic carboxylic acids is 1.